The molecule has 1 atom stereocenters. The van der Waals surface area contributed by atoms with Crippen LogP contribution in [0.1, 0.15) is 71.1 Å². The van der Waals surface area contributed by atoms with E-state index in [1.807, 2.05) is 12.2 Å². The van der Waals surface area contributed by atoms with Crippen molar-refractivity contribution in [1.82, 2.24) is 0 Å². The molecule has 0 unspecified atom stereocenters. The fourth-order valence-electron chi connectivity index (χ4n) is 2.42. The summed E-state index contributed by atoms with van der Waals surface area (Å²) in [5.74, 6) is -0.467. The number of phosphoric acid groups is 1. The zero-order valence-electron chi connectivity index (χ0n) is 18.6. The van der Waals surface area contributed by atoms with Crippen LogP contribution in [0.2, 0.25) is 0 Å². The van der Waals surface area contributed by atoms with Crippen molar-refractivity contribution in [2.24, 2.45) is 0 Å². The monoisotopic (exact) mass is 458 g/mol. The molecule has 0 aromatic carbocycles. The fourth-order valence-corrected chi connectivity index (χ4v) is 2.78. The molecular formula is C23H39O7P. The van der Waals surface area contributed by atoms with E-state index in [1.54, 1.807) is 0 Å². The Labute approximate surface area is 186 Å². The molecule has 0 radical (unpaired) electrons. The Kier molecular flexibility index (Phi) is 19.4. The van der Waals surface area contributed by atoms with Gasteiger partial charge in [-0.1, -0.05) is 68.4 Å². The van der Waals surface area contributed by atoms with Crippen LogP contribution >= 0.6 is 7.82 Å². The first-order valence-electron chi connectivity index (χ1n) is 11.0. The second-order valence-corrected chi connectivity index (χ2v) is 8.34. The van der Waals surface area contributed by atoms with E-state index in [0.29, 0.717) is 6.42 Å². The van der Waals surface area contributed by atoms with Gasteiger partial charge in [0.15, 0.2) is 0 Å². The van der Waals surface area contributed by atoms with E-state index in [9.17, 15) is 14.5 Å². The number of allylic oxidation sites excluding steroid dienone is 8. The summed E-state index contributed by atoms with van der Waals surface area (Å²) in [6, 6.07) is 0. The van der Waals surface area contributed by atoms with Crippen LogP contribution in [0.4, 0.5) is 0 Å². The van der Waals surface area contributed by atoms with Gasteiger partial charge in [-0.2, -0.15) is 0 Å². The highest BCUT2D eigenvalue weighted by molar-refractivity contribution is 7.46. The maximum Gasteiger partial charge on any atom is 0.469 e. The van der Waals surface area contributed by atoms with Crippen LogP contribution < -0.4 is 0 Å². The Hall–Kier alpha value is -1.50. The summed E-state index contributed by atoms with van der Waals surface area (Å²) in [4.78, 5) is 28.6. The number of phosphoric ester groups is 1. The maximum atomic E-state index is 11.5. The lowest BCUT2D eigenvalue weighted by Gasteiger charge is -2.12. The van der Waals surface area contributed by atoms with E-state index in [4.69, 9.17) is 14.5 Å². The van der Waals surface area contributed by atoms with E-state index in [0.717, 1.165) is 25.7 Å². The van der Waals surface area contributed by atoms with E-state index in [2.05, 4.69) is 47.9 Å². The summed E-state index contributed by atoms with van der Waals surface area (Å²) in [5.41, 5.74) is 0. The van der Waals surface area contributed by atoms with Crippen molar-refractivity contribution >= 4 is 13.8 Å². The van der Waals surface area contributed by atoms with E-state index >= 15 is 0 Å². The summed E-state index contributed by atoms with van der Waals surface area (Å²) in [7, 11) is -4.63. The van der Waals surface area contributed by atoms with Crippen molar-refractivity contribution in [3.63, 3.8) is 0 Å². The lowest BCUT2D eigenvalue weighted by atomic mass is 10.2. The highest BCUT2D eigenvalue weighted by Crippen LogP contribution is 2.35. The lowest BCUT2D eigenvalue weighted by molar-refractivity contribution is -0.147. The highest BCUT2D eigenvalue weighted by Gasteiger charge is 2.17. The maximum absolute atomic E-state index is 11.5. The number of carbonyl (C=O) groups excluding carboxylic acids is 1. The first-order valence-corrected chi connectivity index (χ1v) is 12.5. The fraction of sp³-hybridized carbons (Fsp3) is 0.609. The second kappa shape index (κ2) is 20.4. The van der Waals surface area contributed by atoms with Crippen LogP contribution in [0.25, 0.3) is 0 Å². The quantitative estimate of drug-likeness (QED) is 0.106. The summed E-state index contributed by atoms with van der Waals surface area (Å²) in [6.45, 7) is 1.26. The largest absolute Gasteiger partial charge is 0.469 e. The third kappa shape index (κ3) is 24.6. The van der Waals surface area contributed by atoms with E-state index in [1.165, 1.54) is 25.7 Å². The van der Waals surface area contributed by atoms with Gasteiger partial charge in [0.25, 0.3) is 0 Å². The molecule has 0 fully saturated rings. The number of aliphatic hydroxyl groups excluding tert-OH is 1. The highest BCUT2D eigenvalue weighted by atomic mass is 31.2. The molecule has 0 aromatic heterocycles. The molecule has 31 heavy (non-hydrogen) atoms. The SMILES string of the molecule is CCCCC/C=C\C/C=C\C/C=C\C/C=C\CCCC(=O)OC[C@@H](O)COP(=O)(O)O. The molecule has 0 aliphatic carbocycles. The Bertz CT molecular complexity index is 605. The van der Waals surface area contributed by atoms with Crippen LogP contribution in [-0.2, 0) is 18.6 Å². The molecule has 7 nitrogen and oxygen atoms in total. The Morgan fingerprint density at radius 1 is 0.839 bits per heavy atom. The van der Waals surface area contributed by atoms with Gasteiger partial charge in [-0.15, -0.1) is 0 Å². The Morgan fingerprint density at radius 2 is 1.35 bits per heavy atom. The average molecular weight is 459 g/mol. The Morgan fingerprint density at radius 3 is 1.87 bits per heavy atom. The number of unbranched alkanes of at least 4 members (excludes halogenated alkanes) is 4. The first kappa shape index (κ1) is 29.5. The molecular weight excluding hydrogens is 419 g/mol. The molecule has 0 aliphatic heterocycles. The lowest BCUT2D eigenvalue weighted by Crippen LogP contribution is -2.23. The molecule has 178 valence electrons. The zero-order valence-corrected chi connectivity index (χ0v) is 19.5. The number of carbonyl (C=O) groups is 1. The van der Waals surface area contributed by atoms with Crippen molar-refractivity contribution in [1.29, 1.82) is 0 Å². The van der Waals surface area contributed by atoms with Crippen molar-refractivity contribution in [2.75, 3.05) is 13.2 Å². The summed E-state index contributed by atoms with van der Waals surface area (Å²) in [5, 5.41) is 9.41. The van der Waals surface area contributed by atoms with Crippen LogP contribution in [0.3, 0.4) is 0 Å². The van der Waals surface area contributed by atoms with Crippen LogP contribution in [0.15, 0.2) is 48.6 Å². The van der Waals surface area contributed by atoms with Gasteiger partial charge >= 0.3 is 13.8 Å². The van der Waals surface area contributed by atoms with Gasteiger partial charge in [0, 0.05) is 6.42 Å². The van der Waals surface area contributed by atoms with Gasteiger partial charge in [0.05, 0.1) is 6.61 Å². The topological polar surface area (TPSA) is 113 Å². The van der Waals surface area contributed by atoms with Crippen molar-refractivity contribution in [3.8, 4) is 0 Å². The number of esters is 1. The number of ether oxygens (including phenoxy) is 1. The van der Waals surface area contributed by atoms with Gasteiger partial charge in [-0.05, 0) is 44.9 Å². The number of hydrogen-bond donors (Lipinski definition) is 3. The molecule has 0 rings (SSSR count). The number of hydrogen-bond acceptors (Lipinski definition) is 5. The van der Waals surface area contributed by atoms with Crippen molar-refractivity contribution < 1.29 is 33.5 Å². The van der Waals surface area contributed by atoms with Gasteiger partial charge in [-0.3, -0.25) is 9.32 Å². The predicted octanol–water partition coefficient (Wildman–Crippen LogP) is 5.15. The van der Waals surface area contributed by atoms with Gasteiger partial charge < -0.3 is 19.6 Å². The van der Waals surface area contributed by atoms with E-state index < -0.39 is 26.5 Å². The molecule has 0 bridgehead atoms. The van der Waals surface area contributed by atoms with Crippen molar-refractivity contribution in [3.05, 3.63) is 48.6 Å². The molecule has 0 spiro atoms. The summed E-state index contributed by atoms with van der Waals surface area (Å²) >= 11 is 0. The minimum Gasteiger partial charge on any atom is -0.463 e. The normalized spacial score (nSPS) is 13.8. The molecule has 0 saturated carbocycles. The second-order valence-electron chi connectivity index (χ2n) is 7.10. The van der Waals surface area contributed by atoms with Crippen LogP contribution in [0, 0.1) is 0 Å². The van der Waals surface area contributed by atoms with Crippen LogP contribution in [0.5, 0.6) is 0 Å². The third-order valence-electron chi connectivity index (χ3n) is 4.08. The molecule has 3 N–H and O–H groups in total. The standard InChI is InChI=1S/C23H39O7P/c1-2-3-4-5-6-7-8-9-10-11-12-13-14-15-16-17-18-19-23(25)29-20-22(24)21-30-31(26,27)28/h6-7,9-10,12-13,15-16,22,24H,2-5,8,11,14,17-21H2,1H3,(H2,26,27,28)/b7-6-,10-9-,13-12-,16-15-/t22-/m1/s1. The first-order chi connectivity index (χ1) is 14.8. The zero-order chi connectivity index (χ0) is 23.2. The number of aliphatic hydroxyl groups is 1. The molecule has 0 amide bonds. The van der Waals surface area contributed by atoms with Gasteiger partial charge in [-0.25, -0.2) is 4.57 Å². The molecule has 0 saturated heterocycles. The Balaban J connectivity index is 3.60. The average Bonchev–Trinajstić information content (AvgIpc) is 2.72. The minimum absolute atomic E-state index is 0.212. The van der Waals surface area contributed by atoms with Crippen molar-refractivity contribution in [2.45, 2.75) is 77.2 Å². The smallest absolute Gasteiger partial charge is 0.463 e. The molecule has 0 aliphatic rings. The molecule has 0 aromatic rings. The number of rotatable bonds is 19. The predicted molar refractivity (Wildman–Crippen MR) is 123 cm³/mol. The van der Waals surface area contributed by atoms with E-state index in [-0.39, 0.29) is 13.0 Å². The molecule has 8 heteroatoms. The van der Waals surface area contributed by atoms with Crippen LogP contribution in [-0.4, -0.2) is 40.2 Å². The van der Waals surface area contributed by atoms with Gasteiger partial charge in [0.1, 0.15) is 12.7 Å². The minimum atomic E-state index is -4.63. The summed E-state index contributed by atoms with van der Waals surface area (Å²) < 4.78 is 19.5. The third-order valence-corrected chi connectivity index (χ3v) is 4.57. The summed E-state index contributed by atoms with van der Waals surface area (Å²) in [6.07, 6.45) is 25.2. The van der Waals surface area contributed by atoms with Gasteiger partial charge in [0.2, 0.25) is 0 Å². The molecule has 0 heterocycles.